The van der Waals surface area contributed by atoms with Gasteiger partial charge in [-0.05, 0) is 24.3 Å². The third-order valence-corrected chi connectivity index (χ3v) is 2.47. The van der Waals surface area contributed by atoms with Crippen LogP contribution >= 0.6 is 15.9 Å². The lowest BCUT2D eigenvalue weighted by Gasteiger charge is -2.03. The molecule has 3 heteroatoms. The molecule has 2 nitrogen and oxygen atoms in total. The molecule has 0 fully saturated rings. The van der Waals surface area contributed by atoms with E-state index in [4.69, 9.17) is 4.74 Å². The van der Waals surface area contributed by atoms with Crippen LogP contribution in [0.5, 0.6) is 5.75 Å². The van der Waals surface area contributed by atoms with Crippen molar-refractivity contribution in [2.45, 2.75) is 13.3 Å². The number of allylic oxidation sites excluding steroid dienone is 1. The molecule has 0 saturated heterocycles. The van der Waals surface area contributed by atoms with Gasteiger partial charge in [-0.15, -0.1) is 0 Å². The predicted octanol–water partition coefficient (Wildman–Crippen LogP) is 3.61. The van der Waals surface area contributed by atoms with Crippen LogP contribution in [0.2, 0.25) is 0 Å². The number of hydrogen-bond donors (Lipinski definition) is 0. The van der Waals surface area contributed by atoms with Crippen LogP contribution in [0.15, 0.2) is 36.4 Å². The summed E-state index contributed by atoms with van der Waals surface area (Å²) in [4.78, 5) is 11.4. The summed E-state index contributed by atoms with van der Waals surface area (Å²) in [6.07, 6.45) is 4.46. The van der Waals surface area contributed by atoms with Crippen molar-refractivity contribution in [3.05, 3.63) is 42.0 Å². The molecule has 0 aliphatic heterocycles. The zero-order valence-corrected chi connectivity index (χ0v) is 10.9. The van der Waals surface area contributed by atoms with Crippen molar-refractivity contribution in [1.29, 1.82) is 0 Å². The summed E-state index contributed by atoms with van der Waals surface area (Å²) in [5.41, 5.74) is 0.742. The summed E-state index contributed by atoms with van der Waals surface area (Å²) in [5, 5.41) is 0.834. The van der Waals surface area contributed by atoms with Crippen LogP contribution in [0.4, 0.5) is 0 Å². The third-order valence-electron chi connectivity index (χ3n) is 2.10. The van der Waals surface area contributed by atoms with Gasteiger partial charge in [0.25, 0.3) is 0 Å². The van der Waals surface area contributed by atoms with E-state index in [1.165, 1.54) is 0 Å². The van der Waals surface area contributed by atoms with Gasteiger partial charge in [-0.1, -0.05) is 35.0 Å². The Morgan fingerprint density at radius 3 is 2.56 bits per heavy atom. The number of hydrogen-bond acceptors (Lipinski definition) is 2. The van der Waals surface area contributed by atoms with Crippen molar-refractivity contribution in [3.8, 4) is 5.75 Å². The number of carbonyl (C=O) groups is 1. The molecule has 0 atom stereocenters. The molecular formula is C13H15BrO2. The fourth-order valence-electron chi connectivity index (χ4n) is 1.22. The number of halogens is 1. The lowest BCUT2D eigenvalue weighted by molar-refractivity contribution is 0.0988. The first-order valence-electron chi connectivity index (χ1n) is 5.25. The van der Waals surface area contributed by atoms with Gasteiger partial charge >= 0.3 is 0 Å². The van der Waals surface area contributed by atoms with Crippen molar-refractivity contribution in [2.24, 2.45) is 0 Å². The van der Waals surface area contributed by atoms with Crippen LogP contribution < -0.4 is 4.74 Å². The maximum absolute atomic E-state index is 11.4. The van der Waals surface area contributed by atoms with Gasteiger partial charge in [-0.2, -0.15) is 0 Å². The van der Waals surface area contributed by atoms with E-state index in [1.54, 1.807) is 12.1 Å². The minimum atomic E-state index is 0.158. The number of Topliss-reactive ketones (excluding diaryl/α,β-unsaturated/α-hetero) is 1. The largest absolute Gasteiger partial charge is 0.490 e. The zero-order chi connectivity index (χ0) is 11.8. The predicted molar refractivity (Wildman–Crippen MR) is 69.5 cm³/mol. The fourth-order valence-corrected chi connectivity index (χ4v) is 1.48. The van der Waals surface area contributed by atoms with Crippen LogP contribution in [0.3, 0.4) is 0 Å². The Morgan fingerprint density at radius 1 is 1.31 bits per heavy atom. The maximum Gasteiger partial charge on any atom is 0.162 e. The Hall–Kier alpha value is -1.09. The van der Waals surface area contributed by atoms with E-state index >= 15 is 0 Å². The molecule has 1 aromatic rings. The molecule has 0 radical (unpaired) electrons. The minimum Gasteiger partial charge on any atom is -0.490 e. The van der Waals surface area contributed by atoms with Gasteiger partial charge in [0.1, 0.15) is 12.4 Å². The number of carbonyl (C=O) groups excluding carboxylic acids is 1. The highest BCUT2D eigenvalue weighted by Crippen LogP contribution is 2.13. The average Bonchev–Trinajstić information content (AvgIpc) is 2.34. The molecule has 1 aromatic carbocycles. The van der Waals surface area contributed by atoms with Crippen molar-refractivity contribution in [2.75, 3.05) is 11.9 Å². The second-order valence-electron chi connectivity index (χ2n) is 3.24. The molecule has 0 aliphatic carbocycles. The van der Waals surface area contributed by atoms with Crippen molar-refractivity contribution in [3.63, 3.8) is 0 Å². The standard InChI is InChI=1S/C13H15BrO2/c1-2-13(15)11-5-7-12(8-6-11)16-10-4-3-9-14/h3-8H,2,9-10H2,1H3. The van der Waals surface area contributed by atoms with Crippen LogP contribution in [-0.2, 0) is 0 Å². The molecule has 0 spiro atoms. The lowest BCUT2D eigenvalue weighted by atomic mass is 10.1. The third kappa shape index (κ3) is 4.19. The summed E-state index contributed by atoms with van der Waals surface area (Å²) in [7, 11) is 0. The lowest BCUT2D eigenvalue weighted by Crippen LogP contribution is -1.97. The molecule has 0 unspecified atom stereocenters. The Balaban J connectivity index is 2.51. The summed E-state index contributed by atoms with van der Waals surface area (Å²) >= 11 is 3.29. The van der Waals surface area contributed by atoms with Gasteiger partial charge in [0.2, 0.25) is 0 Å². The highest BCUT2D eigenvalue weighted by molar-refractivity contribution is 9.09. The molecule has 0 aromatic heterocycles. The monoisotopic (exact) mass is 282 g/mol. The molecule has 0 heterocycles. The highest BCUT2D eigenvalue weighted by atomic mass is 79.9. The normalized spacial score (nSPS) is 10.6. The second-order valence-corrected chi connectivity index (χ2v) is 3.89. The van der Waals surface area contributed by atoms with E-state index in [-0.39, 0.29) is 5.78 Å². The van der Waals surface area contributed by atoms with E-state index in [1.807, 2.05) is 31.2 Å². The SMILES string of the molecule is CCC(=O)c1ccc(OCC=CCBr)cc1. The Labute approximate surface area is 104 Å². The zero-order valence-electron chi connectivity index (χ0n) is 9.28. The van der Waals surface area contributed by atoms with E-state index in [0.29, 0.717) is 13.0 Å². The maximum atomic E-state index is 11.4. The summed E-state index contributed by atoms with van der Waals surface area (Å²) in [6, 6.07) is 7.25. The van der Waals surface area contributed by atoms with Crippen LogP contribution in [0, 0.1) is 0 Å². The molecule has 1 rings (SSSR count). The number of rotatable bonds is 6. The second kappa shape index (κ2) is 7.23. The molecule has 0 bridgehead atoms. The Morgan fingerprint density at radius 2 is 2.00 bits per heavy atom. The van der Waals surface area contributed by atoms with Gasteiger partial charge in [0, 0.05) is 17.3 Å². The molecule has 0 aliphatic rings. The first kappa shape index (κ1) is 13.0. The first-order chi connectivity index (χ1) is 7.77. The molecule has 0 amide bonds. The smallest absolute Gasteiger partial charge is 0.162 e. The summed E-state index contributed by atoms with van der Waals surface area (Å²) in [5.74, 6) is 0.942. The molecule has 86 valence electrons. The molecular weight excluding hydrogens is 268 g/mol. The molecule has 0 saturated carbocycles. The van der Waals surface area contributed by atoms with Gasteiger partial charge in [-0.25, -0.2) is 0 Å². The summed E-state index contributed by atoms with van der Waals surface area (Å²) < 4.78 is 5.46. The van der Waals surface area contributed by atoms with Gasteiger partial charge < -0.3 is 4.74 Å². The Kier molecular flexibility index (Phi) is 5.86. The topological polar surface area (TPSA) is 26.3 Å². The summed E-state index contributed by atoms with van der Waals surface area (Å²) in [6.45, 7) is 2.41. The van der Waals surface area contributed by atoms with E-state index in [9.17, 15) is 4.79 Å². The van der Waals surface area contributed by atoms with Crippen LogP contribution in [0.25, 0.3) is 0 Å². The quantitative estimate of drug-likeness (QED) is 0.453. The first-order valence-corrected chi connectivity index (χ1v) is 6.37. The van der Waals surface area contributed by atoms with Gasteiger partial charge in [0.15, 0.2) is 5.78 Å². The van der Waals surface area contributed by atoms with Crippen LogP contribution in [-0.4, -0.2) is 17.7 Å². The molecule has 16 heavy (non-hydrogen) atoms. The number of benzene rings is 1. The number of ketones is 1. The fraction of sp³-hybridized carbons (Fsp3) is 0.308. The van der Waals surface area contributed by atoms with Crippen LogP contribution in [0.1, 0.15) is 23.7 Å². The number of alkyl halides is 1. The Bertz CT molecular complexity index is 355. The van der Waals surface area contributed by atoms with Gasteiger partial charge in [-0.3, -0.25) is 4.79 Å². The minimum absolute atomic E-state index is 0.158. The van der Waals surface area contributed by atoms with E-state index in [0.717, 1.165) is 16.6 Å². The van der Waals surface area contributed by atoms with E-state index < -0.39 is 0 Å². The van der Waals surface area contributed by atoms with Crippen molar-refractivity contribution in [1.82, 2.24) is 0 Å². The molecule has 0 N–H and O–H groups in total. The highest BCUT2D eigenvalue weighted by Gasteiger charge is 2.01. The van der Waals surface area contributed by atoms with Crippen molar-refractivity contribution >= 4 is 21.7 Å². The number of ether oxygens (including phenoxy) is 1. The van der Waals surface area contributed by atoms with Gasteiger partial charge in [0.05, 0.1) is 0 Å². The van der Waals surface area contributed by atoms with Crippen molar-refractivity contribution < 1.29 is 9.53 Å². The average molecular weight is 283 g/mol. The van der Waals surface area contributed by atoms with E-state index in [2.05, 4.69) is 15.9 Å².